The average Bonchev–Trinajstić information content (AvgIpc) is 3.78. The Morgan fingerprint density at radius 1 is 0.708 bits per heavy atom. The number of Topliss-reactive ketones (excluding diaryl/α,β-unsaturated/α-hetero) is 2. The molecule has 0 radical (unpaired) electrons. The van der Waals surface area contributed by atoms with E-state index in [4.69, 9.17) is 4.74 Å². The van der Waals surface area contributed by atoms with Crippen LogP contribution in [0, 0.1) is 0 Å². The van der Waals surface area contributed by atoms with Gasteiger partial charge in [0.2, 0.25) is 0 Å². The molecule has 0 unspecified atom stereocenters. The third-order valence-electron chi connectivity index (χ3n) is 10.2. The number of fused-ring (bicyclic) bond motifs is 5. The number of H-pyrrole nitrogens is 1. The third-order valence-corrected chi connectivity index (χ3v) is 10.2. The van der Waals surface area contributed by atoms with Crippen LogP contribution in [0.15, 0.2) is 83.7 Å². The molecule has 1 aliphatic heterocycles. The predicted molar refractivity (Wildman–Crippen MR) is 181 cm³/mol. The Morgan fingerprint density at radius 2 is 1.31 bits per heavy atom. The van der Waals surface area contributed by atoms with Gasteiger partial charge in [0.15, 0.2) is 11.6 Å². The molecule has 0 saturated heterocycles. The number of aromatic amines is 1. The lowest BCUT2D eigenvalue weighted by Gasteiger charge is -2.19. The number of aromatic nitrogens is 2. The summed E-state index contributed by atoms with van der Waals surface area (Å²) >= 11 is 0. The molecule has 1 N–H and O–H groups in total. The SMILES string of the molecule is COc1cc(C2CCCC2)ccc1N1C(=O)c2cc3cc4c(cc3cc2C1=O)C(=O)C(c1nc2cc3ccccc3cc2c(=O)[nH]1)C4=O. The summed E-state index contributed by atoms with van der Waals surface area (Å²) in [6, 6.07) is 23.1. The summed E-state index contributed by atoms with van der Waals surface area (Å²) in [4.78, 5) is 76.5. The Kier molecular flexibility index (Phi) is 6.05. The molecule has 9 heteroatoms. The molecule has 2 heterocycles. The molecule has 1 aromatic heterocycles. The van der Waals surface area contributed by atoms with Crippen LogP contribution in [0.25, 0.3) is 32.4 Å². The lowest BCUT2D eigenvalue weighted by atomic mass is 9.97. The highest BCUT2D eigenvalue weighted by atomic mass is 16.5. The van der Waals surface area contributed by atoms with Gasteiger partial charge in [0, 0.05) is 11.1 Å². The van der Waals surface area contributed by atoms with Gasteiger partial charge in [-0.2, -0.15) is 0 Å². The molecule has 2 amide bonds. The van der Waals surface area contributed by atoms with Crippen LogP contribution in [0.1, 0.15) is 90.3 Å². The van der Waals surface area contributed by atoms with E-state index in [9.17, 15) is 24.0 Å². The third kappa shape index (κ3) is 4.03. The average molecular weight is 634 g/mol. The van der Waals surface area contributed by atoms with Crippen LogP contribution < -0.4 is 15.2 Å². The first kappa shape index (κ1) is 28.3. The van der Waals surface area contributed by atoms with Crippen molar-refractivity contribution in [3.63, 3.8) is 0 Å². The fraction of sp³-hybridized carbons (Fsp3) is 0.179. The number of carbonyl (C=O) groups is 4. The van der Waals surface area contributed by atoms with E-state index in [0.717, 1.165) is 34.1 Å². The number of imide groups is 1. The second kappa shape index (κ2) is 10.3. The second-order valence-electron chi connectivity index (χ2n) is 12.8. The Morgan fingerprint density at radius 3 is 1.94 bits per heavy atom. The Bertz CT molecular complexity index is 2450. The summed E-state index contributed by atoms with van der Waals surface area (Å²) in [5.41, 5.74) is 2.21. The molecule has 2 aliphatic carbocycles. The van der Waals surface area contributed by atoms with Gasteiger partial charge in [0.05, 0.1) is 34.8 Å². The van der Waals surface area contributed by atoms with Crippen molar-refractivity contribution in [2.24, 2.45) is 0 Å². The lowest BCUT2D eigenvalue weighted by Crippen LogP contribution is -2.29. The topological polar surface area (TPSA) is 126 Å². The summed E-state index contributed by atoms with van der Waals surface area (Å²) in [5, 5.41) is 3.18. The summed E-state index contributed by atoms with van der Waals surface area (Å²) in [6.07, 6.45) is 4.57. The largest absolute Gasteiger partial charge is 0.495 e. The number of carbonyl (C=O) groups excluding carboxylic acids is 4. The molecule has 0 bridgehead atoms. The zero-order valence-electron chi connectivity index (χ0n) is 25.8. The Labute approximate surface area is 273 Å². The zero-order chi connectivity index (χ0) is 32.8. The van der Waals surface area contributed by atoms with Gasteiger partial charge in [-0.3, -0.25) is 24.0 Å². The van der Waals surface area contributed by atoms with E-state index in [2.05, 4.69) is 9.97 Å². The molecule has 48 heavy (non-hydrogen) atoms. The summed E-state index contributed by atoms with van der Waals surface area (Å²) in [5.74, 6) is -2.41. The second-order valence-corrected chi connectivity index (χ2v) is 12.8. The van der Waals surface area contributed by atoms with Gasteiger partial charge in [-0.25, -0.2) is 9.88 Å². The van der Waals surface area contributed by atoms with Crippen molar-refractivity contribution in [3.05, 3.63) is 123 Å². The van der Waals surface area contributed by atoms with Crippen LogP contribution in [0.3, 0.4) is 0 Å². The van der Waals surface area contributed by atoms with Crippen LogP contribution in [0.2, 0.25) is 0 Å². The van der Waals surface area contributed by atoms with Crippen LogP contribution >= 0.6 is 0 Å². The van der Waals surface area contributed by atoms with Gasteiger partial charge in [-0.15, -0.1) is 0 Å². The lowest BCUT2D eigenvalue weighted by molar-refractivity contribution is 0.0880. The van der Waals surface area contributed by atoms with Crippen molar-refractivity contribution >= 4 is 61.5 Å². The number of hydrogen-bond acceptors (Lipinski definition) is 7. The van der Waals surface area contributed by atoms with Gasteiger partial charge in [0.1, 0.15) is 17.5 Å². The number of ether oxygens (including phenoxy) is 1. The fourth-order valence-corrected chi connectivity index (χ4v) is 7.71. The monoisotopic (exact) mass is 633 g/mol. The minimum atomic E-state index is -1.31. The number of methoxy groups -OCH3 is 1. The maximum atomic E-state index is 13.8. The molecule has 0 spiro atoms. The van der Waals surface area contributed by atoms with Gasteiger partial charge >= 0.3 is 0 Å². The van der Waals surface area contributed by atoms with Crippen molar-refractivity contribution in [1.29, 1.82) is 0 Å². The molecule has 9 rings (SSSR count). The molecular formula is C39H27N3O6. The van der Waals surface area contributed by atoms with Crippen molar-refractivity contribution in [1.82, 2.24) is 9.97 Å². The smallest absolute Gasteiger partial charge is 0.266 e. The molecule has 6 aromatic rings. The number of rotatable bonds is 4. The van der Waals surface area contributed by atoms with E-state index in [1.165, 1.54) is 20.0 Å². The number of nitrogens with zero attached hydrogens (tertiary/aromatic N) is 2. The van der Waals surface area contributed by atoms with Gasteiger partial charge in [-0.1, -0.05) is 43.2 Å². The standard InChI is InChI=1S/C39H27N3O6/c1-48-32-18-22(19-6-2-3-7-19)10-11-31(32)42-38(46)27-15-23-13-25-26(14-24(23)16-28(27)39(42)47)35(44)33(34(25)43)36-40-30-17-21-9-5-4-8-20(21)12-29(30)37(45)41-36/h4-5,8-19,33H,2-3,6-7H2,1H3,(H,40,41,45). The quantitative estimate of drug-likeness (QED) is 0.128. The van der Waals surface area contributed by atoms with Crippen LogP contribution in [0.4, 0.5) is 5.69 Å². The van der Waals surface area contributed by atoms with Crippen molar-refractivity contribution < 1.29 is 23.9 Å². The first-order valence-electron chi connectivity index (χ1n) is 16.0. The van der Waals surface area contributed by atoms with E-state index < -0.39 is 34.9 Å². The zero-order valence-corrected chi connectivity index (χ0v) is 25.8. The molecule has 234 valence electrons. The van der Waals surface area contributed by atoms with E-state index in [1.54, 1.807) is 42.5 Å². The van der Waals surface area contributed by atoms with Crippen LogP contribution in [-0.4, -0.2) is 40.5 Å². The highest BCUT2D eigenvalue weighted by Gasteiger charge is 2.43. The van der Waals surface area contributed by atoms with Crippen molar-refractivity contribution in [2.45, 2.75) is 37.5 Å². The maximum Gasteiger partial charge on any atom is 0.266 e. The van der Waals surface area contributed by atoms with E-state index in [1.807, 2.05) is 36.4 Å². The molecule has 3 aliphatic rings. The van der Waals surface area contributed by atoms with Crippen molar-refractivity contribution in [2.75, 3.05) is 12.0 Å². The molecule has 1 saturated carbocycles. The fourth-order valence-electron chi connectivity index (χ4n) is 7.71. The number of benzene rings is 5. The first-order valence-corrected chi connectivity index (χ1v) is 16.0. The number of nitrogens with one attached hydrogen (secondary N) is 1. The molecule has 9 nitrogen and oxygen atoms in total. The van der Waals surface area contributed by atoms with Gasteiger partial charge < -0.3 is 9.72 Å². The summed E-state index contributed by atoms with van der Waals surface area (Å²) in [6.45, 7) is 0. The summed E-state index contributed by atoms with van der Waals surface area (Å²) < 4.78 is 5.66. The normalized spacial score (nSPS) is 16.6. The van der Waals surface area contributed by atoms with Crippen LogP contribution in [0.5, 0.6) is 5.75 Å². The summed E-state index contributed by atoms with van der Waals surface area (Å²) in [7, 11) is 1.53. The Hall–Kier alpha value is -5.96. The molecule has 0 atom stereocenters. The highest BCUT2D eigenvalue weighted by molar-refractivity contribution is 6.36. The van der Waals surface area contributed by atoms with E-state index in [-0.39, 0.29) is 28.1 Å². The van der Waals surface area contributed by atoms with E-state index in [0.29, 0.717) is 39.0 Å². The highest BCUT2D eigenvalue weighted by Crippen LogP contribution is 2.42. The number of amides is 2. The minimum Gasteiger partial charge on any atom is -0.495 e. The first-order chi connectivity index (χ1) is 23.3. The van der Waals surface area contributed by atoms with E-state index >= 15 is 0 Å². The Balaban J connectivity index is 1.08. The number of anilines is 1. The molecule has 5 aromatic carbocycles. The van der Waals surface area contributed by atoms with Gasteiger partial charge in [-0.05, 0) is 94.4 Å². The number of ketones is 2. The predicted octanol–water partition coefficient (Wildman–Crippen LogP) is 6.86. The maximum absolute atomic E-state index is 13.8. The van der Waals surface area contributed by atoms with Crippen LogP contribution in [-0.2, 0) is 0 Å². The van der Waals surface area contributed by atoms with Crippen molar-refractivity contribution in [3.8, 4) is 5.75 Å². The minimum absolute atomic E-state index is 0.0190. The molecular weight excluding hydrogens is 606 g/mol. The van der Waals surface area contributed by atoms with Gasteiger partial charge in [0.25, 0.3) is 17.4 Å². The molecule has 1 fully saturated rings. The number of hydrogen-bond donors (Lipinski definition) is 1.